The lowest BCUT2D eigenvalue weighted by molar-refractivity contribution is -0.123. The molecule has 2 heterocycles. The molecule has 0 aromatic carbocycles. The predicted octanol–water partition coefficient (Wildman–Crippen LogP) is 0.918. The van der Waals surface area contributed by atoms with Crippen molar-refractivity contribution in [2.24, 2.45) is 0 Å². The minimum Gasteiger partial charge on any atom is -0.381 e. The van der Waals surface area contributed by atoms with Gasteiger partial charge >= 0.3 is 5.69 Å². The number of carbonyl (C=O) groups is 1. The number of halogens is 1. The molecule has 1 amide bonds. The zero-order valence-electron chi connectivity index (χ0n) is 11.6. The maximum Gasteiger partial charge on any atom is 0.348 e. The van der Waals surface area contributed by atoms with Gasteiger partial charge in [-0.15, -0.1) is 0 Å². The number of amides is 1. The largest absolute Gasteiger partial charge is 0.381 e. The molecule has 1 saturated heterocycles. The van der Waals surface area contributed by atoms with E-state index in [2.05, 4.69) is 26.2 Å². The van der Waals surface area contributed by atoms with Crippen LogP contribution in [0.15, 0.2) is 9.27 Å². The number of nitrogens with one attached hydrogen (secondary N) is 1. The minimum atomic E-state index is -0.398. The van der Waals surface area contributed by atoms with Gasteiger partial charge in [0.1, 0.15) is 6.54 Å². The van der Waals surface area contributed by atoms with E-state index in [-0.39, 0.29) is 18.5 Å². The van der Waals surface area contributed by atoms with Gasteiger partial charge in [-0.1, -0.05) is 0 Å². The Morgan fingerprint density at radius 2 is 2.10 bits per heavy atom. The summed E-state index contributed by atoms with van der Waals surface area (Å²) in [4.78, 5) is 27.8. The van der Waals surface area contributed by atoms with Gasteiger partial charge in [0, 0.05) is 24.9 Å². The Bertz CT molecular complexity index is 565. The van der Waals surface area contributed by atoms with Crippen LogP contribution >= 0.6 is 15.9 Å². The standard InChI is InChI=1S/C13H18BrN3O3/c1-8-12(14)9(2)17(13(19)15-8)7-11(18)16-10-3-5-20-6-4-10/h10H,3-7H2,1-2H3,(H,16,18). The zero-order chi connectivity index (χ0) is 14.7. The lowest BCUT2D eigenvalue weighted by Crippen LogP contribution is -2.42. The van der Waals surface area contributed by atoms with Gasteiger partial charge in [0.05, 0.1) is 10.2 Å². The first kappa shape index (κ1) is 15.2. The highest BCUT2D eigenvalue weighted by Gasteiger charge is 2.18. The molecule has 110 valence electrons. The smallest absolute Gasteiger partial charge is 0.348 e. The van der Waals surface area contributed by atoms with E-state index in [1.807, 2.05) is 0 Å². The highest BCUT2D eigenvalue weighted by molar-refractivity contribution is 9.10. The maximum absolute atomic E-state index is 12.0. The van der Waals surface area contributed by atoms with Crippen molar-refractivity contribution in [3.05, 3.63) is 26.3 Å². The third-order valence-electron chi connectivity index (χ3n) is 3.42. The third kappa shape index (κ3) is 3.46. The van der Waals surface area contributed by atoms with Crippen LogP contribution in [-0.4, -0.2) is 34.7 Å². The Labute approximate surface area is 125 Å². The maximum atomic E-state index is 12.0. The average Bonchev–Trinajstić information content (AvgIpc) is 2.42. The fraction of sp³-hybridized carbons (Fsp3) is 0.615. The minimum absolute atomic E-state index is 0.00605. The van der Waals surface area contributed by atoms with E-state index in [9.17, 15) is 9.59 Å². The first-order valence-electron chi connectivity index (χ1n) is 6.59. The van der Waals surface area contributed by atoms with Crippen LogP contribution in [0.25, 0.3) is 0 Å². The molecule has 7 heteroatoms. The number of nitrogens with zero attached hydrogens (tertiary/aromatic N) is 2. The summed E-state index contributed by atoms with van der Waals surface area (Å²) in [5, 5.41) is 2.93. The van der Waals surface area contributed by atoms with Gasteiger partial charge in [-0.2, -0.15) is 4.98 Å². The molecule has 1 aliphatic rings. The molecule has 20 heavy (non-hydrogen) atoms. The van der Waals surface area contributed by atoms with Gasteiger partial charge in [0.25, 0.3) is 0 Å². The molecule has 0 radical (unpaired) electrons. The van der Waals surface area contributed by atoms with Crippen molar-refractivity contribution in [2.75, 3.05) is 13.2 Å². The number of hydrogen-bond acceptors (Lipinski definition) is 4. The van der Waals surface area contributed by atoms with E-state index in [0.29, 0.717) is 24.6 Å². The summed E-state index contributed by atoms with van der Waals surface area (Å²) in [6, 6.07) is 0.133. The van der Waals surface area contributed by atoms with Crippen LogP contribution in [0.4, 0.5) is 0 Å². The highest BCUT2D eigenvalue weighted by Crippen LogP contribution is 2.16. The molecule has 1 fully saturated rings. The monoisotopic (exact) mass is 343 g/mol. The van der Waals surface area contributed by atoms with Crippen molar-refractivity contribution in [2.45, 2.75) is 39.3 Å². The third-order valence-corrected chi connectivity index (χ3v) is 4.57. The molecule has 0 aliphatic carbocycles. The molecule has 0 unspecified atom stereocenters. The molecule has 1 N–H and O–H groups in total. The molecular formula is C13H18BrN3O3. The molecule has 1 aliphatic heterocycles. The summed E-state index contributed by atoms with van der Waals surface area (Å²) in [7, 11) is 0. The summed E-state index contributed by atoms with van der Waals surface area (Å²) in [5.74, 6) is -0.167. The first-order chi connectivity index (χ1) is 9.49. The summed E-state index contributed by atoms with van der Waals surface area (Å²) in [5.41, 5.74) is 0.948. The number of aromatic nitrogens is 2. The number of ether oxygens (including phenoxy) is 1. The first-order valence-corrected chi connectivity index (χ1v) is 7.39. The molecule has 6 nitrogen and oxygen atoms in total. The fourth-order valence-electron chi connectivity index (χ4n) is 2.22. The normalized spacial score (nSPS) is 16.1. The van der Waals surface area contributed by atoms with Crippen LogP contribution in [0.3, 0.4) is 0 Å². The topological polar surface area (TPSA) is 73.2 Å². The lowest BCUT2D eigenvalue weighted by atomic mass is 10.1. The zero-order valence-corrected chi connectivity index (χ0v) is 13.2. The predicted molar refractivity (Wildman–Crippen MR) is 77.7 cm³/mol. The van der Waals surface area contributed by atoms with Gasteiger partial charge in [0.15, 0.2) is 0 Å². The summed E-state index contributed by atoms with van der Waals surface area (Å²) >= 11 is 3.38. The van der Waals surface area contributed by atoms with Crippen molar-refractivity contribution in [3.63, 3.8) is 0 Å². The Kier molecular flexibility index (Phi) is 4.93. The molecule has 1 aromatic heterocycles. The second kappa shape index (κ2) is 6.49. The van der Waals surface area contributed by atoms with Crippen LogP contribution in [-0.2, 0) is 16.1 Å². The Morgan fingerprint density at radius 3 is 2.75 bits per heavy atom. The molecular weight excluding hydrogens is 326 g/mol. The van der Waals surface area contributed by atoms with E-state index < -0.39 is 5.69 Å². The average molecular weight is 344 g/mol. The van der Waals surface area contributed by atoms with E-state index >= 15 is 0 Å². The number of carbonyl (C=O) groups excluding carboxylic acids is 1. The van der Waals surface area contributed by atoms with Gasteiger partial charge < -0.3 is 10.1 Å². The molecule has 1 aromatic rings. The van der Waals surface area contributed by atoms with Crippen molar-refractivity contribution < 1.29 is 9.53 Å². The van der Waals surface area contributed by atoms with Crippen LogP contribution in [0.1, 0.15) is 24.2 Å². The van der Waals surface area contributed by atoms with Crippen molar-refractivity contribution in [1.29, 1.82) is 0 Å². The Balaban J connectivity index is 2.08. The van der Waals surface area contributed by atoms with Gasteiger partial charge in [-0.25, -0.2) is 4.79 Å². The van der Waals surface area contributed by atoms with Gasteiger partial charge in [-0.3, -0.25) is 9.36 Å². The Hall–Kier alpha value is -1.21. The van der Waals surface area contributed by atoms with Crippen molar-refractivity contribution in [3.8, 4) is 0 Å². The number of hydrogen-bond donors (Lipinski definition) is 1. The summed E-state index contributed by atoms with van der Waals surface area (Å²) in [6.07, 6.45) is 1.63. The highest BCUT2D eigenvalue weighted by atomic mass is 79.9. The van der Waals surface area contributed by atoms with E-state index in [1.165, 1.54) is 4.57 Å². The van der Waals surface area contributed by atoms with Crippen molar-refractivity contribution in [1.82, 2.24) is 14.9 Å². The fourth-order valence-corrected chi connectivity index (χ4v) is 2.52. The van der Waals surface area contributed by atoms with Crippen LogP contribution < -0.4 is 11.0 Å². The van der Waals surface area contributed by atoms with E-state index in [1.54, 1.807) is 13.8 Å². The number of aryl methyl sites for hydroxylation is 1. The van der Waals surface area contributed by atoms with E-state index in [4.69, 9.17) is 4.74 Å². The lowest BCUT2D eigenvalue weighted by Gasteiger charge is -2.23. The SMILES string of the molecule is Cc1nc(=O)n(CC(=O)NC2CCOCC2)c(C)c1Br. The molecule has 0 atom stereocenters. The van der Waals surface area contributed by atoms with Crippen molar-refractivity contribution >= 4 is 21.8 Å². The van der Waals surface area contributed by atoms with Gasteiger partial charge in [-0.05, 0) is 42.6 Å². The second-order valence-electron chi connectivity index (χ2n) is 4.92. The van der Waals surface area contributed by atoms with E-state index in [0.717, 1.165) is 17.3 Å². The number of rotatable bonds is 3. The summed E-state index contributed by atoms with van der Waals surface area (Å²) in [6.45, 7) is 4.88. The van der Waals surface area contributed by atoms with Gasteiger partial charge in [0.2, 0.25) is 5.91 Å². The molecule has 2 rings (SSSR count). The molecule has 0 bridgehead atoms. The molecule has 0 saturated carbocycles. The summed E-state index contributed by atoms with van der Waals surface area (Å²) < 4.78 is 7.38. The van der Waals surface area contributed by atoms with Crippen LogP contribution in [0.5, 0.6) is 0 Å². The van der Waals surface area contributed by atoms with Crippen LogP contribution in [0, 0.1) is 13.8 Å². The quantitative estimate of drug-likeness (QED) is 0.885. The molecule has 0 spiro atoms. The second-order valence-corrected chi connectivity index (χ2v) is 5.71. The Morgan fingerprint density at radius 1 is 1.45 bits per heavy atom. The van der Waals surface area contributed by atoms with Crippen LogP contribution in [0.2, 0.25) is 0 Å².